The monoisotopic (exact) mass is 805 g/mol. The molecule has 0 spiro atoms. The second-order valence-electron chi connectivity index (χ2n) is 15.2. The lowest BCUT2D eigenvalue weighted by Gasteiger charge is -2.16. The molecule has 294 valence electrons. The van der Waals surface area contributed by atoms with Gasteiger partial charge >= 0.3 is 0 Å². The molecule has 11 aromatic rings. The smallest absolute Gasteiger partial charge is 0.187 e. The van der Waals surface area contributed by atoms with Gasteiger partial charge in [0, 0.05) is 44.2 Å². The molecule has 0 saturated carbocycles. The normalized spacial score (nSPS) is 11.2. The van der Waals surface area contributed by atoms with Crippen molar-refractivity contribution in [1.29, 1.82) is 0 Å². The molecule has 0 bridgehead atoms. The van der Waals surface area contributed by atoms with Crippen LogP contribution in [0.25, 0.3) is 112 Å². The SMILES string of the molecule is [C-]#[N+]c1ccc(-c2ccc3c(c2)c2ccccc2n3-c2ccc(-c3nc(-c4ccccc4)cc(-c4ccccc4)n3)cc2-c2nc(-c3ccccc3)nc(-c3ccccc3)n2)cc1. The molecular weight excluding hydrogens is 771 g/mol. The van der Waals surface area contributed by atoms with E-state index in [0.717, 1.165) is 83.4 Å². The van der Waals surface area contributed by atoms with Crippen molar-refractivity contribution < 1.29 is 0 Å². The Balaban J connectivity index is 1.18. The van der Waals surface area contributed by atoms with E-state index in [1.807, 2.05) is 121 Å². The van der Waals surface area contributed by atoms with Gasteiger partial charge in [-0.25, -0.2) is 29.8 Å². The van der Waals surface area contributed by atoms with Gasteiger partial charge in [0.1, 0.15) is 0 Å². The molecule has 0 aliphatic carbocycles. The van der Waals surface area contributed by atoms with Gasteiger partial charge in [0.05, 0.1) is 34.7 Å². The maximum Gasteiger partial charge on any atom is 0.187 e. The van der Waals surface area contributed by atoms with Crippen LogP contribution in [-0.4, -0.2) is 29.5 Å². The van der Waals surface area contributed by atoms with E-state index in [0.29, 0.717) is 29.0 Å². The summed E-state index contributed by atoms with van der Waals surface area (Å²) in [5.41, 5.74) is 12.7. The molecule has 0 aliphatic heterocycles. The van der Waals surface area contributed by atoms with Gasteiger partial charge in [-0.1, -0.05) is 170 Å². The van der Waals surface area contributed by atoms with E-state index in [4.69, 9.17) is 31.5 Å². The van der Waals surface area contributed by atoms with E-state index in [-0.39, 0.29) is 0 Å². The van der Waals surface area contributed by atoms with Crippen molar-refractivity contribution >= 4 is 27.5 Å². The molecule has 0 amide bonds. The van der Waals surface area contributed by atoms with Gasteiger partial charge in [-0.2, -0.15) is 0 Å². The van der Waals surface area contributed by atoms with Crippen molar-refractivity contribution in [3.63, 3.8) is 0 Å². The number of nitrogens with zero attached hydrogens (tertiary/aromatic N) is 7. The van der Waals surface area contributed by atoms with Crippen molar-refractivity contribution in [3.8, 4) is 84.9 Å². The van der Waals surface area contributed by atoms with Crippen LogP contribution in [-0.2, 0) is 0 Å². The summed E-state index contributed by atoms with van der Waals surface area (Å²) in [4.78, 5) is 29.6. The van der Waals surface area contributed by atoms with Crippen molar-refractivity contribution in [2.45, 2.75) is 0 Å². The number of aromatic nitrogens is 6. The molecule has 63 heavy (non-hydrogen) atoms. The van der Waals surface area contributed by atoms with E-state index in [2.05, 4.69) is 100 Å². The van der Waals surface area contributed by atoms with Crippen LogP contribution < -0.4 is 0 Å². The molecule has 0 aliphatic rings. The molecular formula is C56H35N7. The fourth-order valence-electron chi connectivity index (χ4n) is 8.21. The number of benzene rings is 8. The summed E-state index contributed by atoms with van der Waals surface area (Å²) in [5.74, 6) is 2.24. The molecule has 0 radical (unpaired) electrons. The standard InChI is InChI=1S/C56H35N7/c1-57-44-30-26-37(27-31-44)42-28-32-51-46(34-42)45-24-14-15-25-50(45)63(51)52-33-29-43(55-58-48(38-16-6-2-7-17-38)36-49(59-55)39-18-8-3-9-19-39)35-47(52)56-61-53(40-20-10-4-11-21-40)60-54(62-56)41-22-12-5-13-23-41/h2-36H. The topological polar surface area (TPSA) is 73.7 Å². The first kappa shape index (κ1) is 37.2. The first-order valence-electron chi connectivity index (χ1n) is 20.7. The van der Waals surface area contributed by atoms with E-state index in [9.17, 15) is 0 Å². The van der Waals surface area contributed by atoms with Crippen LogP contribution in [0.3, 0.4) is 0 Å². The van der Waals surface area contributed by atoms with Gasteiger partial charge in [0.25, 0.3) is 0 Å². The molecule has 3 aromatic heterocycles. The summed E-state index contributed by atoms with van der Waals surface area (Å²) in [6, 6.07) is 71.8. The molecule has 7 nitrogen and oxygen atoms in total. The molecule has 11 rings (SSSR count). The van der Waals surface area contributed by atoms with Crippen molar-refractivity contribution in [2.24, 2.45) is 0 Å². The summed E-state index contributed by atoms with van der Waals surface area (Å²) < 4.78 is 2.31. The van der Waals surface area contributed by atoms with Crippen molar-refractivity contribution in [1.82, 2.24) is 29.5 Å². The minimum absolute atomic E-state index is 0.518. The second-order valence-corrected chi connectivity index (χ2v) is 15.2. The largest absolute Gasteiger partial charge is 0.309 e. The minimum atomic E-state index is 0.518. The van der Waals surface area contributed by atoms with Crippen molar-refractivity contribution in [2.75, 3.05) is 0 Å². The van der Waals surface area contributed by atoms with Crippen molar-refractivity contribution in [3.05, 3.63) is 224 Å². The molecule has 8 aromatic carbocycles. The van der Waals surface area contributed by atoms with Crippen LogP contribution in [0.5, 0.6) is 0 Å². The zero-order valence-corrected chi connectivity index (χ0v) is 33.8. The average Bonchev–Trinajstić information content (AvgIpc) is 3.70. The third kappa shape index (κ3) is 7.08. The quantitative estimate of drug-likeness (QED) is 0.143. The van der Waals surface area contributed by atoms with Gasteiger partial charge < -0.3 is 4.57 Å². The number of para-hydroxylation sites is 1. The Morgan fingerprint density at radius 2 is 0.810 bits per heavy atom. The Hall–Kier alpha value is -8.86. The molecule has 0 unspecified atom stereocenters. The summed E-state index contributed by atoms with van der Waals surface area (Å²) in [7, 11) is 0. The number of hydrogen-bond donors (Lipinski definition) is 0. The van der Waals surface area contributed by atoms with Gasteiger partial charge in [-0.05, 0) is 53.6 Å². The van der Waals surface area contributed by atoms with Crippen LogP contribution in [0, 0.1) is 6.57 Å². The maximum absolute atomic E-state index is 7.45. The van der Waals surface area contributed by atoms with Crippen LogP contribution in [0.15, 0.2) is 212 Å². The third-order valence-corrected chi connectivity index (χ3v) is 11.3. The number of rotatable bonds is 8. The summed E-state index contributed by atoms with van der Waals surface area (Å²) in [5, 5.41) is 2.21. The highest BCUT2D eigenvalue weighted by Gasteiger charge is 2.22. The van der Waals surface area contributed by atoms with Crippen LogP contribution >= 0.6 is 0 Å². The lowest BCUT2D eigenvalue weighted by atomic mass is 10.0. The average molecular weight is 806 g/mol. The fraction of sp³-hybridized carbons (Fsp3) is 0. The fourth-order valence-corrected chi connectivity index (χ4v) is 8.21. The highest BCUT2D eigenvalue weighted by Crippen LogP contribution is 2.40. The second kappa shape index (κ2) is 16.0. The summed E-state index contributed by atoms with van der Waals surface area (Å²) >= 11 is 0. The van der Waals surface area contributed by atoms with E-state index >= 15 is 0 Å². The van der Waals surface area contributed by atoms with E-state index < -0.39 is 0 Å². The zero-order chi connectivity index (χ0) is 42.1. The molecule has 0 fully saturated rings. The van der Waals surface area contributed by atoms with Gasteiger partial charge in [-0.15, -0.1) is 0 Å². The Labute approximate surface area is 364 Å². The first-order chi connectivity index (χ1) is 31.2. The number of hydrogen-bond acceptors (Lipinski definition) is 5. The molecule has 0 saturated heterocycles. The first-order valence-corrected chi connectivity index (χ1v) is 20.7. The number of fused-ring (bicyclic) bond motifs is 3. The highest BCUT2D eigenvalue weighted by molar-refractivity contribution is 6.11. The summed E-state index contributed by atoms with van der Waals surface area (Å²) in [6.45, 7) is 7.45. The van der Waals surface area contributed by atoms with E-state index in [1.54, 1.807) is 0 Å². The Kier molecular flexibility index (Phi) is 9.41. The molecule has 7 heteroatoms. The lowest BCUT2D eigenvalue weighted by molar-refractivity contribution is 1.06. The van der Waals surface area contributed by atoms with E-state index in [1.165, 1.54) is 0 Å². The van der Waals surface area contributed by atoms with Crippen LogP contribution in [0.2, 0.25) is 0 Å². The lowest BCUT2D eigenvalue weighted by Crippen LogP contribution is -2.04. The maximum atomic E-state index is 7.45. The minimum Gasteiger partial charge on any atom is -0.309 e. The predicted molar refractivity (Wildman–Crippen MR) is 254 cm³/mol. The molecule has 3 heterocycles. The Morgan fingerprint density at radius 3 is 1.40 bits per heavy atom. The van der Waals surface area contributed by atoms with Gasteiger partial charge in [-0.3, -0.25) is 0 Å². The van der Waals surface area contributed by atoms with Crippen LogP contribution in [0.4, 0.5) is 5.69 Å². The molecule has 0 atom stereocenters. The van der Waals surface area contributed by atoms with Gasteiger partial charge in [0.15, 0.2) is 29.0 Å². The van der Waals surface area contributed by atoms with Gasteiger partial charge in [0.2, 0.25) is 0 Å². The predicted octanol–water partition coefficient (Wildman–Crippen LogP) is 14.0. The highest BCUT2D eigenvalue weighted by atomic mass is 15.1. The zero-order valence-electron chi connectivity index (χ0n) is 33.8. The Morgan fingerprint density at radius 1 is 0.333 bits per heavy atom. The molecule has 0 N–H and O–H groups in total. The summed E-state index contributed by atoms with van der Waals surface area (Å²) in [6.07, 6.45) is 0. The Bertz CT molecular complexity index is 3370. The van der Waals surface area contributed by atoms with Crippen LogP contribution in [0.1, 0.15) is 0 Å². The third-order valence-electron chi connectivity index (χ3n) is 11.3.